The van der Waals surface area contributed by atoms with Gasteiger partial charge in [-0.05, 0) is 25.7 Å². The fourth-order valence-corrected chi connectivity index (χ4v) is 2.47. The molecule has 0 spiro atoms. The van der Waals surface area contributed by atoms with Crippen molar-refractivity contribution >= 4 is 18.3 Å². The summed E-state index contributed by atoms with van der Waals surface area (Å²) in [5.41, 5.74) is 6.09. The molecule has 0 aliphatic heterocycles. The fraction of sp³-hybridized carbons (Fsp3) is 0.769. The highest BCUT2D eigenvalue weighted by molar-refractivity contribution is 5.85. The second-order valence-electron chi connectivity index (χ2n) is 5.15. The molecule has 7 nitrogen and oxygen atoms in total. The number of rotatable bonds is 6. The third-order valence-corrected chi connectivity index (χ3v) is 3.57. The molecule has 2 rings (SSSR count). The van der Waals surface area contributed by atoms with Gasteiger partial charge in [-0.2, -0.15) is 4.98 Å². The van der Waals surface area contributed by atoms with E-state index in [1.165, 1.54) is 6.39 Å². The first-order valence-electron chi connectivity index (χ1n) is 7.10. The second-order valence-corrected chi connectivity index (χ2v) is 5.15. The van der Waals surface area contributed by atoms with Gasteiger partial charge in [-0.1, -0.05) is 12.1 Å². The van der Waals surface area contributed by atoms with Crippen LogP contribution >= 0.6 is 12.4 Å². The van der Waals surface area contributed by atoms with Crippen molar-refractivity contribution in [2.24, 2.45) is 11.7 Å². The molecule has 1 fully saturated rings. The molecule has 1 aromatic rings. The highest BCUT2D eigenvalue weighted by Gasteiger charge is 2.32. The molecule has 1 amide bonds. The monoisotopic (exact) mass is 318 g/mol. The van der Waals surface area contributed by atoms with Crippen LogP contribution in [0.5, 0.6) is 0 Å². The van der Waals surface area contributed by atoms with Crippen molar-refractivity contribution in [2.45, 2.75) is 51.3 Å². The van der Waals surface area contributed by atoms with Crippen molar-refractivity contribution in [3.8, 4) is 0 Å². The Hall–Kier alpha value is -1.18. The SMILES string of the molecule is CCCO[C@@H]1CC[C@H](C(=O)NCc2ncon2)C[C@H]1N.Cl. The topological polar surface area (TPSA) is 103 Å². The molecule has 0 saturated heterocycles. The number of nitrogens with one attached hydrogen (secondary N) is 1. The second kappa shape index (κ2) is 8.96. The quantitative estimate of drug-likeness (QED) is 0.812. The molecule has 0 radical (unpaired) electrons. The number of aromatic nitrogens is 2. The molecule has 1 aliphatic rings. The summed E-state index contributed by atoms with van der Waals surface area (Å²) in [4.78, 5) is 15.9. The van der Waals surface area contributed by atoms with Gasteiger partial charge < -0.3 is 20.3 Å². The minimum atomic E-state index is -0.0729. The number of nitrogens with two attached hydrogens (primary N) is 1. The molecule has 0 unspecified atom stereocenters. The van der Waals surface area contributed by atoms with Gasteiger partial charge >= 0.3 is 0 Å². The zero-order chi connectivity index (χ0) is 14.4. The Balaban J connectivity index is 0.00000220. The van der Waals surface area contributed by atoms with Gasteiger partial charge in [0.1, 0.15) is 0 Å². The highest BCUT2D eigenvalue weighted by atomic mass is 35.5. The van der Waals surface area contributed by atoms with E-state index in [2.05, 4.69) is 26.9 Å². The van der Waals surface area contributed by atoms with Crippen molar-refractivity contribution in [3.63, 3.8) is 0 Å². The summed E-state index contributed by atoms with van der Waals surface area (Å²) in [7, 11) is 0. The van der Waals surface area contributed by atoms with E-state index in [0.717, 1.165) is 25.9 Å². The number of ether oxygens (including phenoxy) is 1. The smallest absolute Gasteiger partial charge is 0.223 e. The Kier molecular flexibility index (Phi) is 7.63. The van der Waals surface area contributed by atoms with Crippen LogP contribution in [0.15, 0.2) is 10.9 Å². The third kappa shape index (κ3) is 5.26. The minimum Gasteiger partial charge on any atom is -0.377 e. The van der Waals surface area contributed by atoms with Crippen LogP contribution in [-0.4, -0.2) is 34.8 Å². The number of hydrogen-bond acceptors (Lipinski definition) is 6. The van der Waals surface area contributed by atoms with Gasteiger partial charge in [-0.15, -0.1) is 12.4 Å². The maximum Gasteiger partial charge on any atom is 0.223 e. The normalized spacial score (nSPS) is 25.1. The number of carbonyl (C=O) groups is 1. The molecule has 3 N–H and O–H groups in total. The lowest BCUT2D eigenvalue weighted by Gasteiger charge is -2.33. The van der Waals surface area contributed by atoms with Gasteiger partial charge in [0.15, 0.2) is 5.82 Å². The number of hydrogen-bond donors (Lipinski definition) is 2. The third-order valence-electron chi connectivity index (χ3n) is 3.57. The first-order valence-corrected chi connectivity index (χ1v) is 7.10. The van der Waals surface area contributed by atoms with Crippen LogP contribution in [-0.2, 0) is 16.1 Å². The van der Waals surface area contributed by atoms with Gasteiger partial charge in [-0.3, -0.25) is 4.79 Å². The maximum atomic E-state index is 12.1. The molecule has 0 aromatic carbocycles. The molecule has 120 valence electrons. The van der Waals surface area contributed by atoms with E-state index in [1.54, 1.807) is 0 Å². The van der Waals surface area contributed by atoms with Gasteiger partial charge in [0.05, 0.1) is 12.6 Å². The molecule has 3 atom stereocenters. The molecular formula is C13H23ClN4O3. The van der Waals surface area contributed by atoms with Crippen LogP contribution in [0.3, 0.4) is 0 Å². The Morgan fingerprint density at radius 1 is 1.57 bits per heavy atom. The molecule has 1 heterocycles. The van der Waals surface area contributed by atoms with Crippen molar-refractivity contribution in [3.05, 3.63) is 12.2 Å². The van der Waals surface area contributed by atoms with E-state index in [9.17, 15) is 4.79 Å². The van der Waals surface area contributed by atoms with Gasteiger partial charge in [0.2, 0.25) is 12.3 Å². The van der Waals surface area contributed by atoms with E-state index in [-0.39, 0.29) is 42.9 Å². The lowest BCUT2D eigenvalue weighted by molar-refractivity contribution is -0.127. The average molecular weight is 319 g/mol. The summed E-state index contributed by atoms with van der Waals surface area (Å²) in [6.45, 7) is 3.09. The Morgan fingerprint density at radius 2 is 2.38 bits per heavy atom. The molecule has 1 aliphatic carbocycles. The summed E-state index contributed by atoms with van der Waals surface area (Å²) >= 11 is 0. The van der Waals surface area contributed by atoms with E-state index >= 15 is 0 Å². The number of nitrogens with zero attached hydrogens (tertiary/aromatic N) is 2. The van der Waals surface area contributed by atoms with Crippen molar-refractivity contribution in [2.75, 3.05) is 6.61 Å². The Morgan fingerprint density at radius 3 is 3.00 bits per heavy atom. The van der Waals surface area contributed by atoms with Crippen molar-refractivity contribution < 1.29 is 14.1 Å². The largest absolute Gasteiger partial charge is 0.377 e. The van der Waals surface area contributed by atoms with E-state index in [4.69, 9.17) is 10.5 Å². The van der Waals surface area contributed by atoms with Crippen LogP contribution in [0, 0.1) is 5.92 Å². The number of amides is 1. The lowest BCUT2D eigenvalue weighted by atomic mass is 9.83. The molecule has 1 aromatic heterocycles. The van der Waals surface area contributed by atoms with E-state index < -0.39 is 0 Å². The zero-order valence-electron chi connectivity index (χ0n) is 12.2. The van der Waals surface area contributed by atoms with Crippen molar-refractivity contribution in [1.82, 2.24) is 15.5 Å². The van der Waals surface area contributed by atoms with E-state index in [0.29, 0.717) is 12.2 Å². The molecule has 8 heteroatoms. The van der Waals surface area contributed by atoms with Crippen LogP contribution in [0.4, 0.5) is 0 Å². The van der Waals surface area contributed by atoms with Gasteiger partial charge in [0.25, 0.3) is 0 Å². The first-order chi connectivity index (χ1) is 9.70. The Labute approximate surface area is 130 Å². The maximum absolute atomic E-state index is 12.1. The predicted octanol–water partition coefficient (Wildman–Crippen LogP) is 1.03. The van der Waals surface area contributed by atoms with Gasteiger partial charge in [-0.25, -0.2) is 0 Å². The van der Waals surface area contributed by atoms with Crippen LogP contribution in [0.25, 0.3) is 0 Å². The summed E-state index contributed by atoms with van der Waals surface area (Å²) < 4.78 is 10.3. The van der Waals surface area contributed by atoms with Crippen LogP contribution < -0.4 is 11.1 Å². The summed E-state index contributed by atoms with van der Waals surface area (Å²) in [5, 5.41) is 6.46. The fourth-order valence-electron chi connectivity index (χ4n) is 2.47. The number of halogens is 1. The average Bonchev–Trinajstić information content (AvgIpc) is 2.96. The highest BCUT2D eigenvalue weighted by Crippen LogP contribution is 2.26. The standard InChI is InChI=1S/C13H22N4O3.ClH/c1-2-5-19-11-4-3-9(6-10(11)14)13(18)15-7-12-16-8-20-17-12;/h8-11H,2-7,14H2,1H3,(H,15,18);1H/t9-,10+,11+;/m0./s1. The van der Waals surface area contributed by atoms with Crippen molar-refractivity contribution in [1.29, 1.82) is 0 Å². The minimum absolute atomic E-state index is 0. The summed E-state index contributed by atoms with van der Waals surface area (Å²) in [6, 6.07) is -0.0729. The van der Waals surface area contributed by atoms with Crippen LogP contribution in [0.2, 0.25) is 0 Å². The first kappa shape index (κ1) is 17.9. The molecule has 0 bridgehead atoms. The van der Waals surface area contributed by atoms with Gasteiger partial charge in [0, 0.05) is 18.6 Å². The lowest BCUT2D eigenvalue weighted by Crippen LogP contribution is -2.46. The predicted molar refractivity (Wildman–Crippen MR) is 78.7 cm³/mol. The van der Waals surface area contributed by atoms with Crippen LogP contribution in [0.1, 0.15) is 38.4 Å². The summed E-state index contributed by atoms with van der Waals surface area (Å²) in [5.74, 6) is 0.417. The Bertz CT molecular complexity index is 416. The summed E-state index contributed by atoms with van der Waals surface area (Å²) in [6.07, 6.45) is 4.61. The molecular weight excluding hydrogens is 296 g/mol. The molecule has 1 saturated carbocycles. The van der Waals surface area contributed by atoms with E-state index in [1.807, 2.05) is 0 Å². The zero-order valence-corrected chi connectivity index (χ0v) is 13.0. The molecule has 21 heavy (non-hydrogen) atoms. The number of carbonyl (C=O) groups excluding carboxylic acids is 1.